The minimum Gasteiger partial charge on any atom is -0.398 e. The van der Waals surface area contributed by atoms with Gasteiger partial charge in [0.25, 0.3) is 0 Å². The van der Waals surface area contributed by atoms with Crippen LogP contribution in [0.5, 0.6) is 0 Å². The van der Waals surface area contributed by atoms with Crippen LogP contribution in [0.1, 0.15) is 18.9 Å². The van der Waals surface area contributed by atoms with Crippen LogP contribution in [0.15, 0.2) is 17.0 Å². The van der Waals surface area contributed by atoms with Gasteiger partial charge in [0, 0.05) is 18.8 Å². The van der Waals surface area contributed by atoms with Gasteiger partial charge in [0.15, 0.2) is 0 Å². The maximum absolute atomic E-state index is 13.9. The van der Waals surface area contributed by atoms with Gasteiger partial charge in [-0.2, -0.15) is 16.1 Å². The summed E-state index contributed by atoms with van der Waals surface area (Å²) in [6.07, 6.45) is 2.67. The van der Waals surface area contributed by atoms with E-state index in [1.165, 1.54) is 17.4 Å². The number of rotatable bonds is 6. The number of aryl methyl sites for hydroxylation is 1. The molecule has 0 fully saturated rings. The number of benzene rings is 1. The van der Waals surface area contributed by atoms with Crippen LogP contribution in [-0.2, 0) is 10.0 Å². The van der Waals surface area contributed by atoms with Crippen LogP contribution < -0.4 is 5.73 Å². The van der Waals surface area contributed by atoms with Crippen LogP contribution in [0.25, 0.3) is 0 Å². The summed E-state index contributed by atoms with van der Waals surface area (Å²) in [7, 11) is -2.40. The van der Waals surface area contributed by atoms with E-state index < -0.39 is 15.8 Å². The molecule has 0 aliphatic rings. The van der Waals surface area contributed by atoms with Gasteiger partial charge in [-0.15, -0.1) is 0 Å². The summed E-state index contributed by atoms with van der Waals surface area (Å²) < 4.78 is 40.0. The standard InChI is InChI=1S/C13H21FN2O2S2/c1-9-7-11(14)13(8-12(9)15)20(17,18)16(3)10(2)5-6-19-4/h7-8,10H,5-6,15H2,1-4H3. The summed E-state index contributed by atoms with van der Waals surface area (Å²) in [5, 5.41) is 0. The predicted octanol–water partition coefficient (Wildman–Crippen LogP) is 2.48. The van der Waals surface area contributed by atoms with Crippen molar-refractivity contribution in [1.82, 2.24) is 4.31 Å². The Morgan fingerprint density at radius 2 is 2.05 bits per heavy atom. The maximum atomic E-state index is 13.9. The fourth-order valence-corrected chi connectivity index (χ4v) is 3.78. The van der Waals surface area contributed by atoms with Crippen molar-refractivity contribution in [3.63, 3.8) is 0 Å². The average Bonchev–Trinajstić information content (AvgIpc) is 2.38. The Kier molecular flexibility index (Phi) is 5.85. The Hall–Kier alpha value is -0.790. The van der Waals surface area contributed by atoms with Gasteiger partial charge in [0.2, 0.25) is 10.0 Å². The monoisotopic (exact) mass is 320 g/mol. The van der Waals surface area contributed by atoms with Crippen molar-refractivity contribution in [2.75, 3.05) is 24.8 Å². The summed E-state index contributed by atoms with van der Waals surface area (Å²) in [6.45, 7) is 3.45. The van der Waals surface area contributed by atoms with Crippen molar-refractivity contribution in [1.29, 1.82) is 0 Å². The molecular weight excluding hydrogens is 299 g/mol. The highest BCUT2D eigenvalue weighted by molar-refractivity contribution is 7.98. The molecule has 0 amide bonds. The van der Waals surface area contributed by atoms with Gasteiger partial charge in [-0.1, -0.05) is 0 Å². The molecule has 20 heavy (non-hydrogen) atoms. The molecule has 1 rings (SSSR count). The van der Waals surface area contributed by atoms with Crippen molar-refractivity contribution >= 4 is 27.5 Å². The second-order valence-electron chi connectivity index (χ2n) is 4.79. The first kappa shape index (κ1) is 17.3. The van der Waals surface area contributed by atoms with Gasteiger partial charge in [0.1, 0.15) is 10.7 Å². The van der Waals surface area contributed by atoms with Crippen molar-refractivity contribution < 1.29 is 12.8 Å². The van der Waals surface area contributed by atoms with Gasteiger partial charge >= 0.3 is 0 Å². The quantitative estimate of drug-likeness (QED) is 0.818. The minimum absolute atomic E-state index is 0.200. The van der Waals surface area contributed by atoms with Crippen LogP contribution in [0.3, 0.4) is 0 Å². The lowest BCUT2D eigenvalue weighted by Gasteiger charge is -2.24. The molecule has 0 aliphatic carbocycles. The molecule has 0 saturated heterocycles. The lowest BCUT2D eigenvalue weighted by Crippen LogP contribution is -2.36. The highest BCUT2D eigenvalue weighted by Crippen LogP contribution is 2.25. The first-order chi connectivity index (χ1) is 9.21. The molecule has 0 bridgehead atoms. The van der Waals surface area contributed by atoms with E-state index in [0.29, 0.717) is 12.0 Å². The Morgan fingerprint density at radius 3 is 2.60 bits per heavy atom. The molecule has 1 atom stereocenters. The summed E-state index contributed by atoms with van der Waals surface area (Å²) in [4.78, 5) is -0.362. The zero-order valence-electron chi connectivity index (χ0n) is 12.2. The molecule has 1 aromatic carbocycles. The SMILES string of the molecule is CSCCC(C)N(C)S(=O)(=O)c1cc(N)c(C)cc1F. The zero-order chi connectivity index (χ0) is 15.5. The van der Waals surface area contributed by atoms with Crippen molar-refractivity contribution in [3.8, 4) is 0 Å². The Labute approximate surface area is 124 Å². The number of sulfonamides is 1. The van der Waals surface area contributed by atoms with Gasteiger partial charge in [-0.25, -0.2) is 12.8 Å². The predicted molar refractivity (Wildman–Crippen MR) is 83.0 cm³/mol. The first-order valence-electron chi connectivity index (χ1n) is 6.24. The van der Waals surface area contributed by atoms with E-state index in [-0.39, 0.29) is 16.6 Å². The fraction of sp³-hybridized carbons (Fsp3) is 0.538. The number of nitrogens with two attached hydrogens (primary N) is 1. The Bertz CT molecular complexity index is 576. The van der Waals surface area contributed by atoms with Crippen LogP contribution in [0.4, 0.5) is 10.1 Å². The third-order valence-corrected chi connectivity index (χ3v) is 5.97. The van der Waals surface area contributed by atoms with Crippen LogP contribution in [-0.4, -0.2) is 37.8 Å². The molecule has 0 radical (unpaired) electrons. The Balaban J connectivity index is 3.13. The molecule has 4 nitrogen and oxygen atoms in total. The highest BCUT2D eigenvalue weighted by Gasteiger charge is 2.28. The molecule has 0 spiro atoms. The smallest absolute Gasteiger partial charge is 0.246 e. The van der Waals surface area contributed by atoms with Crippen molar-refractivity contribution in [2.24, 2.45) is 0 Å². The second-order valence-corrected chi connectivity index (χ2v) is 7.74. The van der Waals surface area contributed by atoms with Crippen LogP contribution >= 0.6 is 11.8 Å². The molecule has 0 saturated carbocycles. The highest BCUT2D eigenvalue weighted by atomic mass is 32.2. The number of nitrogen functional groups attached to an aromatic ring is 1. The van der Waals surface area contributed by atoms with Gasteiger partial charge < -0.3 is 5.73 Å². The normalized spacial score (nSPS) is 13.7. The third kappa shape index (κ3) is 3.65. The number of hydrogen-bond acceptors (Lipinski definition) is 4. The topological polar surface area (TPSA) is 63.4 Å². The van der Waals surface area contributed by atoms with E-state index in [0.717, 1.165) is 11.8 Å². The maximum Gasteiger partial charge on any atom is 0.246 e. The largest absolute Gasteiger partial charge is 0.398 e. The molecule has 0 heterocycles. The van der Waals surface area contributed by atoms with E-state index in [4.69, 9.17) is 5.73 Å². The molecule has 2 N–H and O–H groups in total. The summed E-state index contributed by atoms with van der Waals surface area (Å²) in [6, 6.07) is 2.15. The zero-order valence-corrected chi connectivity index (χ0v) is 13.8. The summed E-state index contributed by atoms with van der Waals surface area (Å²) in [5.74, 6) is 0.0835. The number of anilines is 1. The molecule has 114 valence electrons. The van der Waals surface area contributed by atoms with Gasteiger partial charge in [-0.05, 0) is 50.0 Å². The van der Waals surface area contributed by atoms with E-state index in [9.17, 15) is 12.8 Å². The first-order valence-corrected chi connectivity index (χ1v) is 9.07. The summed E-state index contributed by atoms with van der Waals surface area (Å²) in [5.41, 5.74) is 6.49. The lowest BCUT2D eigenvalue weighted by atomic mass is 10.2. The summed E-state index contributed by atoms with van der Waals surface area (Å²) >= 11 is 1.65. The number of hydrogen-bond donors (Lipinski definition) is 1. The van der Waals surface area contributed by atoms with Crippen molar-refractivity contribution in [3.05, 3.63) is 23.5 Å². The molecular formula is C13H21FN2O2S2. The molecule has 7 heteroatoms. The van der Waals surface area contributed by atoms with E-state index in [1.54, 1.807) is 18.7 Å². The Morgan fingerprint density at radius 1 is 1.45 bits per heavy atom. The van der Waals surface area contributed by atoms with Gasteiger partial charge in [0.05, 0.1) is 0 Å². The molecule has 0 aliphatic heterocycles. The van der Waals surface area contributed by atoms with Crippen molar-refractivity contribution in [2.45, 2.75) is 31.2 Å². The van der Waals surface area contributed by atoms with Gasteiger partial charge in [-0.3, -0.25) is 0 Å². The average molecular weight is 320 g/mol. The number of nitrogens with zero attached hydrogens (tertiary/aromatic N) is 1. The second kappa shape index (κ2) is 6.78. The molecule has 1 unspecified atom stereocenters. The van der Waals surface area contributed by atoms with E-state index in [2.05, 4.69) is 0 Å². The van der Waals surface area contributed by atoms with E-state index >= 15 is 0 Å². The number of halogens is 1. The van der Waals surface area contributed by atoms with Crippen LogP contribution in [0, 0.1) is 12.7 Å². The van der Waals surface area contributed by atoms with E-state index in [1.807, 2.05) is 13.2 Å². The minimum atomic E-state index is -3.87. The molecule has 0 aromatic heterocycles. The number of thioether (sulfide) groups is 1. The lowest BCUT2D eigenvalue weighted by molar-refractivity contribution is 0.380. The van der Waals surface area contributed by atoms with Crippen LogP contribution in [0.2, 0.25) is 0 Å². The third-order valence-electron chi connectivity index (χ3n) is 3.34. The molecule has 1 aromatic rings. The fourth-order valence-electron chi connectivity index (χ4n) is 1.73.